The zero-order valence-corrected chi connectivity index (χ0v) is 37.4. The van der Waals surface area contributed by atoms with Gasteiger partial charge in [-0.05, 0) is 132 Å². The molecule has 3 aromatic heterocycles. The second kappa shape index (κ2) is 11.5. The number of aromatic nitrogens is 2. The molecular formula is C58H41N3SSi. The maximum Gasteiger partial charge on any atom is 0.113 e. The SMILES string of the molecule is CC1(C)c2ccccc2N(c2cccc3c2sc2c4c(ccc23)C2(c3cccnc3-c3ncccc32)c2ccc3c5c(ccc-4c25)CC3)c2cc3c(cc21)-c1ccccc1[Si]3(C)C. The van der Waals surface area contributed by atoms with Crippen LogP contribution in [0.2, 0.25) is 13.1 Å². The summed E-state index contributed by atoms with van der Waals surface area (Å²) in [5.41, 5.74) is 21.5. The Morgan fingerprint density at radius 1 is 0.508 bits per heavy atom. The Balaban J connectivity index is 1.05. The second-order valence-corrected chi connectivity index (χ2v) is 24.9. The second-order valence-electron chi connectivity index (χ2n) is 19.5. The highest BCUT2D eigenvalue weighted by molar-refractivity contribution is 7.27. The molecule has 0 atom stereocenters. The Labute approximate surface area is 371 Å². The lowest BCUT2D eigenvalue weighted by atomic mass is 9.61. The summed E-state index contributed by atoms with van der Waals surface area (Å²) < 4.78 is 2.67. The van der Waals surface area contributed by atoms with Crippen LogP contribution >= 0.6 is 11.3 Å². The fraction of sp³-hybridized carbons (Fsp3) is 0.138. The number of para-hydroxylation sites is 1. The van der Waals surface area contributed by atoms with Gasteiger partial charge in [-0.1, -0.05) is 130 Å². The lowest BCUT2D eigenvalue weighted by molar-refractivity contribution is 0.632. The van der Waals surface area contributed by atoms with E-state index < -0.39 is 13.5 Å². The van der Waals surface area contributed by atoms with Crippen molar-refractivity contribution in [3.8, 4) is 33.6 Å². The molecule has 0 radical (unpaired) electrons. The highest BCUT2D eigenvalue weighted by Gasteiger charge is 2.52. The normalized spacial score (nSPS) is 16.8. The van der Waals surface area contributed by atoms with Gasteiger partial charge in [-0.25, -0.2) is 0 Å². The van der Waals surface area contributed by atoms with Crippen molar-refractivity contribution in [2.24, 2.45) is 0 Å². The minimum absolute atomic E-state index is 0.187. The van der Waals surface area contributed by atoms with Crippen LogP contribution in [-0.4, -0.2) is 18.0 Å². The third-order valence-electron chi connectivity index (χ3n) is 16.0. The van der Waals surface area contributed by atoms with E-state index in [-0.39, 0.29) is 5.41 Å². The monoisotopic (exact) mass is 839 g/mol. The molecule has 0 amide bonds. The van der Waals surface area contributed by atoms with Crippen LogP contribution in [0.5, 0.6) is 0 Å². The van der Waals surface area contributed by atoms with E-state index >= 15 is 0 Å². The first-order chi connectivity index (χ1) is 30.8. The molecule has 0 unspecified atom stereocenters. The highest BCUT2D eigenvalue weighted by Crippen LogP contribution is 2.64. The molecule has 0 N–H and O–H groups in total. The Bertz CT molecular complexity index is 3720. The Morgan fingerprint density at radius 3 is 2.00 bits per heavy atom. The van der Waals surface area contributed by atoms with Gasteiger partial charge in [0.25, 0.3) is 0 Å². The molecule has 10 aromatic rings. The molecule has 5 heteroatoms. The van der Waals surface area contributed by atoms with E-state index in [1.165, 1.54) is 120 Å². The molecular weight excluding hydrogens is 799 g/mol. The maximum absolute atomic E-state index is 5.08. The van der Waals surface area contributed by atoms with E-state index in [4.69, 9.17) is 9.97 Å². The van der Waals surface area contributed by atoms with E-state index in [1.807, 2.05) is 23.7 Å². The number of pyridine rings is 2. The van der Waals surface area contributed by atoms with Crippen LogP contribution in [0.25, 0.3) is 64.6 Å². The standard InChI is InChI=1S/C58H41N3SSi/c1-57(2)39-14-6-7-17-45(39)61(47-31-49-38(30-44(47)57)34-12-5-8-19-48(34)63(49,3)4)46-18-9-13-35-36-25-27-41-52(56(36)62-55(35)46)37-24-22-32-20-21-33-23-26-40(51(37)50(32)33)58(41)42-15-10-28-59-53(42)54-43(58)16-11-29-60-54/h5-19,22-31H,20-21H2,1-4H3. The number of hydrogen-bond donors (Lipinski definition) is 0. The van der Waals surface area contributed by atoms with Gasteiger partial charge in [0.15, 0.2) is 0 Å². The molecule has 15 rings (SSSR count). The molecule has 0 saturated carbocycles. The molecule has 7 aromatic carbocycles. The molecule has 5 heterocycles. The predicted octanol–water partition coefficient (Wildman–Crippen LogP) is 13.4. The van der Waals surface area contributed by atoms with Crippen LogP contribution in [-0.2, 0) is 23.7 Å². The number of fused-ring (bicyclic) bond motifs is 18. The van der Waals surface area contributed by atoms with Gasteiger partial charge >= 0.3 is 0 Å². The summed E-state index contributed by atoms with van der Waals surface area (Å²) in [5, 5.41) is 8.58. The van der Waals surface area contributed by atoms with E-state index in [9.17, 15) is 0 Å². The minimum Gasteiger partial charge on any atom is -0.308 e. The van der Waals surface area contributed by atoms with Gasteiger partial charge in [-0.3, -0.25) is 9.97 Å². The number of nitrogens with zero attached hydrogens (tertiary/aromatic N) is 3. The molecule has 5 aliphatic rings. The lowest BCUT2D eigenvalue weighted by Gasteiger charge is -2.43. The van der Waals surface area contributed by atoms with Crippen molar-refractivity contribution in [2.75, 3.05) is 4.90 Å². The van der Waals surface area contributed by atoms with Crippen LogP contribution in [0.15, 0.2) is 152 Å². The maximum atomic E-state index is 5.08. The topological polar surface area (TPSA) is 29.0 Å². The van der Waals surface area contributed by atoms with Gasteiger partial charge in [-0.2, -0.15) is 0 Å². The molecule has 0 bridgehead atoms. The molecule has 2 aliphatic heterocycles. The average Bonchev–Trinajstić information content (AvgIpc) is 4.05. The largest absolute Gasteiger partial charge is 0.308 e. The average molecular weight is 840 g/mol. The summed E-state index contributed by atoms with van der Waals surface area (Å²) in [5.74, 6) is 0. The molecule has 298 valence electrons. The fourth-order valence-electron chi connectivity index (χ4n) is 13.3. The Kier molecular flexibility index (Phi) is 6.35. The highest BCUT2D eigenvalue weighted by atomic mass is 32.1. The third kappa shape index (κ3) is 3.96. The summed E-state index contributed by atoms with van der Waals surface area (Å²) in [6, 6.07) is 54.2. The van der Waals surface area contributed by atoms with Gasteiger partial charge in [0.05, 0.1) is 38.6 Å². The van der Waals surface area contributed by atoms with Crippen LogP contribution in [0, 0.1) is 0 Å². The third-order valence-corrected chi connectivity index (χ3v) is 20.8. The van der Waals surface area contributed by atoms with Crippen LogP contribution in [0.3, 0.4) is 0 Å². The quantitative estimate of drug-likeness (QED) is 0.154. The summed E-state index contributed by atoms with van der Waals surface area (Å²) >= 11 is 1.98. The number of anilines is 3. The van der Waals surface area contributed by atoms with Crippen molar-refractivity contribution in [2.45, 2.75) is 50.6 Å². The van der Waals surface area contributed by atoms with Gasteiger partial charge < -0.3 is 4.90 Å². The van der Waals surface area contributed by atoms with Crippen molar-refractivity contribution < 1.29 is 0 Å². The van der Waals surface area contributed by atoms with Crippen LogP contribution < -0.4 is 15.3 Å². The number of aryl methyl sites for hydroxylation is 2. The molecule has 1 spiro atoms. The van der Waals surface area contributed by atoms with Crippen molar-refractivity contribution >= 4 is 77.8 Å². The van der Waals surface area contributed by atoms with Crippen molar-refractivity contribution in [1.82, 2.24) is 9.97 Å². The Hall–Kier alpha value is -6.66. The van der Waals surface area contributed by atoms with Gasteiger partial charge in [0.2, 0.25) is 0 Å². The van der Waals surface area contributed by atoms with E-state index in [0.29, 0.717) is 0 Å². The fourth-order valence-corrected chi connectivity index (χ4v) is 17.7. The van der Waals surface area contributed by atoms with Gasteiger partial charge in [0.1, 0.15) is 8.07 Å². The summed E-state index contributed by atoms with van der Waals surface area (Å²) in [6.07, 6.45) is 6.05. The minimum atomic E-state index is -1.96. The molecule has 3 nitrogen and oxygen atoms in total. The number of hydrogen-bond acceptors (Lipinski definition) is 4. The number of benzene rings is 7. The van der Waals surface area contributed by atoms with Crippen molar-refractivity contribution in [3.63, 3.8) is 0 Å². The van der Waals surface area contributed by atoms with E-state index in [0.717, 1.165) is 24.2 Å². The summed E-state index contributed by atoms with van der Waals surface area (Å²) in [7, 11) is -1.96. The summed E-state index contributed by atoms with van der Waals surface area (Å²) in [6.45, 7) is 9.93. The van der Waals surface area contributed by atoms with Gasteiger partial charge in [0, 0.05) is 38.8 Å². The van der Waals surface area contributed by atoms with E-state index in [2.05, 4.69) is 171 Å². The smallest absolute Gasteiger partial charge is 0.113 e. The molecule has 0 fully saturated rings. The Morgan fingerprint density at radius 2 is 1.19 bits per heavy atom. The zero-order valence-electron chi connectivity index (χ0n) is 35.6. The zero-order chi connectivity index (χ0) is 41.7. The van der Waals surface area contributed by atoms with Crippen LogP contribution in [0.4, 0.5) is 17.1 Å². The predicted molar refractivity (Wildman–Crippen MR) is 265 cm³/mol. The van der Waals surface area contributed by atoms with Crippen molar-refractivity contribution in [1.29, 1.82) is 0 Å². The summed E-state index contributed by atoms with van der Waals surface area (Å²) in [4.78, 5) is 12.8. The first-order valence-corrected chi connectivity index (χ1v) is 26.3. The van der Waals surface area contributed by atoms with Crippen LogP contribution in [0.1, 0.15) is 58.4 Å². The van der Waals surface area contributed by atoms with E-state index in [1.54, 1.807) is 5.19 Å². The molecule has 3 aliphatic carbocycles. The van der Waals surface area contributed by atoms with Crippen molar-refractivity contribution in [3.05, 3.63) is 196 Å². The molecule has 0 saturated heterocycles. The molecule has 63 heavy (non-hydrogen) atoms. The number of rotatable bonds is 1. The number of thiophene rings is 1. The lowest BCUT2D eigenvalue weighted by Crippen LogP contribution is -2.49. The van der Waals surface area contributed by atoms with Gasteiger partial charge in [-0.15, -0.1) is 11.3 Å². The first kappa shape index (κ1) is 34.9. The first-order valence-electron chi connectivity index (χ1n) is 22.4.